The van der Waals surface area contributed by atoms with E-state index in [4.69, 9.17) is 16.9 Å². The fourth-order valence-corrected chi connectivity index (χ4v) is 2.78. The van der Waals surface area contributed by atoms with Gasteiger partial charge in [-0.1, -0.05) is 38.1 Å². The lowest BCUT2D eigenvalue weighted by Crippen LogP contribution is -2.41. The van der Waals surface area contributed by atoms with Gasteiger partial charge in [-0.2, -0.15) is 0 Å². The van der Waals surface area contributed by atoms with Crippen molar-refractivity contribution in [1.29, 1.82) is 5.41 Å². The highest BCUT2D eigenvalue weighted by atomic mass is 16.2. The fraction of sp³-hybridized carbons (Fsp3) is 0.300. The number of nitrogen functional groups attached to an aromatic ring is 2. The number of amides is 2. The minimum atomic E-state index is -0.816. The average molecular weight is 382 g/mol. The molecule has 2 amide bonds. The van der Waals surface area contributed by atoms with Crippen molar-refractivity contribution in [2.75, 3.05) is 23.3 Å². The maximum absolute atomic E-state index is 12.8. The van der Waals surface area contributed by atoms with Crippen LogP contribution in [-0.4, -0.2) is 34.5 Å². The fourth-order valence-electron chi connectivity index (χ4n) is 2.78. The number of nitrogens with zero attached hydrogens (tertiary/aromatic N) is 2. The average Bonchev–Trinajstić information content (AvgIpc) is 2.64. The first kappa shape index (κ1) is 20.9. The van der Waals surface area contributed by atoms with Gasteiger partial charge in [-0.25, -0.2) is 4.98 Å². The van der Waals surface area contributed by atoms with Crippen molar-refractivity contribution < 1.29 is 9.59 Å². The predicted octanol–water partition coefficient (Wildman–Crippen LogP) is 2.18. The van der Waals surface area contributed by atoms with E-state index in [0.29, 0.717) is 13.1 Å². The van der Waals surface area contributed by atoms with Crippen molar-refractivity contribution in [2.45, 2.75) is 27.3 Å². The molecule has 1 aromatic carbocycles. The summed E-state index contributed by atoms with van der Waals surface area (Å²) in [6.07, 6.45) is 2.23. The number of aromatic nitrogens is 1. The van der Waals surface area contributed by atoms with Crippen LogP contribution in [0.5, 0.6) is 0 Å². The van der Waals surface area contributed by atoms with Gasteiger partial charge >= 0.3 is 11.8 Å². The lowest BCUT2D eigenvalue weighted by Gasteiger charge is -2.25. The molecular formula is C20H26N6O2. The SMILES string of the molecule is Cc1ccccc1CN(CC(C)C)C(=O)C(=O)Nc1cnc(N)c(C=N)c1N. The molecule has 8 nitrogen and oxygen atoms in total. The smallest absolute Gasteiger partial charge is 0.314 e. The summed E-state index contributed by atoms with van der Waals surface area (Å²) in [5, 5.41) is 9.86. The molecule has 0 saturated carbocycles. The number of hydrogen-bond donors (Lipinski definition) is 4. The number of carbonyl (C=O) groups is 2. The van der Waals surface area contributed by atoms with Gasteiger partial charge in [0.1, 0.15) is 5.82 Å². The summed E-state index contributed by atoms with van der Waals surface area (Å²) in [7, 11) is 0. The number of anilines is 3. The molecule has 2 aromatic rings. The minimum Gasteiger partial charge on any atom is -0.396 e. The highest BCUT2D eigenvalue weighted by Crippen LogP contribution is 2.24. The number of aryl methyl sites for hydroxylation is 1. The summed E-state index contributed by atoms with van der Waals surface area (Å²) in [6.45, 7) is 6.69. The standard InChI is InChI=1S/C20H26N6O2/c1-12(2)10-26(11-14-7-5-4-6-13(14)3)20(28)19(27)25-16-9-24-18(23)15(8-21)17(16)22/h4-9,12,21H,10-11H2,1-3H3,(H,25,27)(H4,22,23,24). The summed E-state index contributed by atoms with van der Waals surface area (Å²) >= 11 is 0. The van der Waals surface area contributed by atoms with Crippen LogP contribution in [0.1, 0.15) is 30.5 Å². The van der Waals surface area contributed by atoms with Crippen LogP contribution in [0.2, 0.25) is 0 Å². The summed E-state index contributed by atoms with van der Waals surface area (Å²) in [4.78, 5) is 30.8. The third-order valence-corrected chi connectivity index (χ3v) is 4.27. The van der Waals surface area contributed by atoms with E-state index in [-0.39, 0.29) is 28.7 Å². The number of pyridine rings is 1. The Labute approximate surface area is 164 Å². The van der Waals surface area contributed by atoms with Crippen molar-refractivity contribution in [1.82, 2.24) is 9.88 Å². The highest BCUT2D eigenvalue weighted by molar-refractivity contribution is 6.39. The normalized spacial score (nSPS) is 10.6. The van der Waals surface area contributed by atoms with Crippen LogP contribution in [0.15, 0.2) is 30.5 Å². The van der Waals surface area contributed by atoms with Crippen LogP contribution in [0.25, 0.3) is 0 Å². The molecule has 0 bridgehead atoms. The first-order valence-corrected chi connectivity index (χ1v) is 8.93. The Kier molecular flexibility index (Phi) is 6.70. The van der Waals surface area contributed by atoms with Gasteiger partial charge in [0.15, 0.2) is 0 Å². The molecule has 28 heavy (non-hydrogen) atoms. The number of hydrogen-bond acceptors (Lipinski definition) is 6. The van der Waals surface area contributed by atoms with E-state index in [2.05, 4.69) is 10.3 Å². The molecule has 8 heteroatoms. The van der Waals surface area contributed by atoms with E-state index < -0.39 is 11.8 Å². The third-order valence-electron chi connectivity index (χ3n) is 4.27. The van der Waals surface area contributed by atoms with E-state index in [9.17, 15) is 9.59 Å². The Balaban J connectivity index is 2.23. The topological polar surface area (TPSA) is 138 Å². The van der Waals surface area contributed by atoms with Gasteiger partial charge in [0, 0.05) is 19.3 Å². The molecule has 0 aliphatic heterocycles. The number of nitrogens with one attached hydrogen (secondary N) is 2. The van der Waals surface area contributed by atoms with Crippen LogP contribution in [-0.2, 0) is 16.1 Å². The Morgan fingerprint density at radius 1 is 1.29 bits per heavy atom. The second kappa shape index (κ2) is 8.98. The molecule has 0 fully saturated rings. The highest BCUT2D eigenvalue weighted by Gasteiger charge is 2.24. The second-order valence-electron chi connectivity index (χ2n) is 6.99. The second-order valence-corrected chi connectivity index (χ2v) is 6.99. The van der Waals surface area contributed by atoms with Gasteiger partial charge in [0.05, 0.1) is 23.1 Å². The largest absolute Gasteiger partial charge is 0.396 e. The van der Waals surface area contributed by atoms with Crippen molar-refractivity contribution in [2.24, 2.45) is 5.92 Å². The van der Waals surface area contributed by atoms with Crippen LogP contribution in [0.4, 0.5) is 17.2 Å². The lowest BCUT2D eigenvalue weighted by molar-refractivity contribution is -0.143. The molecular weight excluding hydrogens is 356 g/mol. The zero-order chi connectivity index (χ0) is 20.8. The van der Waals surface area contributed by atoms with E-state index in [0.717, 1.165) is 17.3 Å². The number of benzene rings is 1. The van der Waals surface area contributed by atoms with Gasteiger partial charge in [-0.05, 0) is 24.0 Å². The monoisotopic (exact) mass is 382 g/mol. The zero-order valence-electron chi connectivity index (χ0n) is 16.3. The molecule has 1 aromatic heterocycles. The molecule has 0 spiro atoms. The molecule has 2 rings (SSSR count). The van der Waals surface area contributed by atoms with Gasteiger partial charge in [-0.3, -0.25) is 9.59 Å². The van der Waals surface area contributed by atoms with Crippen molar-refractivity contribution in [3.63, 3.8) is 0 Å². The maximum atomic E-state index is 12.8. The molecule has 0 aliphatic rings. The van der Waals surface area contributed by atoms with Gasteiger partial charge in [0.25, 0.3) is 0 Å². The lowest BCUT2D eigenvalue weighted by atomic mass is 10.1. The van der Waals surface area contributed by atoms with E-state index >= 15 is 0 Å². The quantitative estimate of drug-likeness (QED) is 0.448. The van der Waals surface area contributed by atoms with Gasteiger partial charge < -0.3 is 27.1 Å². The minimum absolute atomic E-state index is 0.0813. The first-order chi connectivity index (χ1) is 13.2. The van der Waals surface area contributed by atoms with Gasteiger partial charge in [-0.15, -0.1) is 0 Å². The third kappa shape index (κ3) is 4.85. The number of nitrogens with two attached hydrogens (primary N) is 2. The van der Waals surface area contributed by atoms with Crippen LogP contribution >= 0.6 is 0 Å². The molecule has 0 radical (unpaired) electrons. The Morgan fingerprint density at radius 2 is 1.96 bits per heavy atom. The van der Waals surface area contributed by atoms with E-state index in [1.807, 2.05) is 45.0 Å². The molecule has 0 unspecified atom stereocenters. The molecule has 6 N–H and O–H groups in total. The molecule has 148 valence electrons. The summed E-state index contributed by atoms with van der Waals surface area (Å²) in [5.41, 5.74) is 14.1. The van der Waals surface area contributed by atoms with Gasteiger partial charge in [0.2, 0.25) is 0 Å². The summed E-state index contributed by atoms with van der Waals surface area (Å²) in [6, 6.07) is 7.73. The summed E-state index contributed by atoms with van der Waals surface area (Å²) < 4.78 is 0. The predicted molar refractivity (Wildman–Crippen MR) is 111 cm³/mol. The molecule has 0 aliphatic carbocycles. The Bertz CT molecular complexity index is 894. The van der Waals surface area contributed by atoms with E-state index in [1.165, 1.54) is 11.1 Å². The van der Waals surface area contributed by atoms with Crippen molar-refractivity contribution in [3.05, 3.63) is 47.2 Å². The van der Waals surface area contributed by atoms with Crippen LogP contribution in [0.3, 0.4) is 0 Å². The Hall–Kier alpha value is -3.42. The molecule has 0 saturated heterocycles. The first-order valence-electron chi connectivity index (χ1n) is 8.93. The van der Waals surface area contributed by atoms with Crippen LogP contribution < -0.4 is 16.8 Å². The van der Waals surface area contributed by atoms with E-state index in [1.54, 1.807) is 0 Å². The van der Waals surface area contributed by atoms with Crippen molar-refractivity contribution >= 4 is 35.2 Å². The molecule has 1 heterocycles. The zero-order valence-corrected chi connectivity index (χ0v) is 16.3. The maximum Gasteiger partial charge on any atom is 0.314 e. The number of carbonyl (C=O) groups excluding carboxylic acids is 2. The number of rotatable bonds is 6. The molecule has 0 atom stereocenters. The van der Waals surface area contributed by atoms with Crippen molar-refractivity contribution in [3.8, 4) is 0 Å². The van der Waals surface area contributed by atoms with Crippen LogP contribution in [0, 0.1) is 18.3 Å². The summed E-state index contributed by atoms with van der Waals surface area (Å²) in [5.74, 6) is -1.21. The Morgan fingerprint density at radius 3 is 2.57 bits per heavy atom.